The summed E-state index contributed by atoms with van der Waals surface area (Å²) in [5, 5.41) is 6.08. The molecule has 3 nitrogen and oxygen atoms in total. The third-order valence-electron chi connectivity index (χ3n) is 3.00. The molecule has 1 unspecified atom stereocenters. The van der Waals surface area contributed by atoms with E-state index >= 15 is 0 Å². The first-order valence-corrected chi connectivity index (χ1v) is 6.68. The van der Waals surface area contributed by atoms with Crippen LogP contribution in [0.4, 0.5) is 0 Å². The second-order valence-electron chi connectivity index (χ2n) is 4.13. The summed E-state index contributed by atoms with van der Waals surface area (Å²) in [6.45, 7) is 0.691. The van der Waals surface area contributed by atoms with Crippen molar-refractivity contribution < 1.29 is 4.79 Å². The summed E-state index contributed by atoms with van der Waals surface area (Å²) in [5.41, 5.74) is 4.68. The van der Waals surface area contributed by atoms with Gasteiger partial charge >= 0.3 is 0 Å². The average Bonchev–Trinajstić information content (AvgIpc) is 3.10. The van der Waals surface area contributed by atoms with Gasteiger partial charge in [0, 0.05) is 6.54 Å². The summed E-state index contributed by atoms with van der Waals surface area (Å²) in [4.78, 5) is 13.1. The van der Waals surface area contributed by atoms with Gasteiger partial charge in [0.2, 0.25) is 5.78 Å². The van der Waals surface area contributed by atoms with Crippen LogP contribution >= 0.6 is 11.3 Å². The summed E-state index contributed by atoms with van der Waals surface area (Å²) >= 11 is 1.46. The van der Waals surface area contributed by atoms with Gasteiger partial charge in [-0.1, -0.05) is 36.4 Å². The largest absolute Gasteiger partial charge is 0.309 e. The van der Waals surface area contributed by atoms with Crippen LogP contribution in [0.5, 0.6) is 0 Å². The number of hydrazone groups is 1. The Morgan fingerprint density at radius 1 is 1.22 bits per heavy atom. The lowest BCUT2D eigenvalue weighted by atomic mass is 9.92. The van der Waals surface area contributed by atoms with Crippen molar-refractivity contribution in [3.8, 4) is 0 Å². The normalized spacial score (nSPS) is 18.2. The van der Waals surface area contributed by atoms with Crippen LogP contribution in [0.1, 0.15) is 21.2 Å². The number of hydrogen-bond donors (Lipinski definition) is 1. The minimum absolute atomic E-state index is 0.0313. The zero-order valence-corrected chi connectivity index (χ0v) is 10.5. The third-order valence-corrected chi connectivity index (χ3v) is 3.87. The predicted molar refractivity (Wildman–Crippen MR) is 73.3 cm³/mol. The summed E-state index contributed by atoms with van der Waals surface area (Å²) in [6, 6.07) is 13.8. The summed E-state index contributed by atoms with van der Waals surface area (Å²) in [7, 11) is 0. The molecule has 0 fully saturated rings. The molecule has 1 atom stereocenters. The van der Waals surface area contributed by atoms with E-state index < -0.39 is 0 Å². The van der Waals surface area contributed by atoms with Crippen molar-refractivity contribution in [3.05, 3.63) is 58.3 Å². The molecule has 4 heteroatoms. The van der Waals surface area contributed by atoms with Crippen LogP contribution in [0.25, 0.3) is 0 Å². The summed E-state index contributed by atoms with van der Waals surface area (Å²) in [5.74, 6) is 0.0876. The van der Waals surface area contributed by atoms with Gasteiger partial charge in [-0.2, -0.15) is 5.10 Å². The molecule has 1 aromatic heterocycles. The Morgan fingerprint density at radius 2 is 2.06 bits per heavy atom. The fraction of sp³-hybridized carbons (Fsp3) is 0.143. The second-order valence-corrected chi connectivity index (χ2v) is 5.08. The SMILES string of the molecule is O=C(C1=NNCC1c1ccccc1)c1cccs1. The van der Waals surface area contributed by atoms with Crippen molar-refractivity contribution in [1.82, 2.24) is 5.43 Å². The molecule has 0 aliphatic carbocycles. The summed E-state index contributed by atoms with van der Waals surface area (Å²) < 4.78 is 0. The van der Waals surface area contributed by atoms with Crippen LogP contribution < -0.4 is 5.43 Å². The number of Topliss-reactive ketones (excluding diaryl/α,β-unsaturated/α-hetero) is 1. The van der Waals surface area contributed by atoms with Gasteiger partial charge < -0.3 is 5.43 Å². The highest BCUT2D eigenvalue weighted by atomic mass is 32.1. The maximum atomic E-state index is 12.3. The lowest BCUT2D eigenvalue weighted by Gasteiger charge is -2.10. The number of nitrogens with one attached hydrogen (secondary N) is 1. The number of nitrogens with zero attached hydrogens (tertiary/aromatic N) is 1. The van der Waals surface area contributed by atoms with Crippen LogP contribution in [0, 0.1) is 0 Å². The molecule has 90 valence electrons. The number of carbonyl (C=O) groups excluding carboxylic acids is 1. The number of carbonyl (C=O) groups is 1. The van der Waals surface area contributed by atoms with Crippen LogP contribution in [-0.4, -0.2) is 18.0 Å². The fourth-order valence-electron chi connectivity index (χ4n) is 2.10. The van der Waals surface area contributed by atoms with Gasteiger partial charge in [0.05, 0.1) is 10.8 Å². The molecule has 18 heavy (non-hydrogen) atoms. The predicted octanol–water partition coefficient (Wildman–Crippen LogP) is 2.67. The maximum Gasteiger partial charge on any atom is 0.219 e. The Kier molecular flexibility index (Phi) is 2.94. The lowest BCUT2D eigenvalue weighted by molar-refractivity contribution is 0.106. The fourth-order valence-corrected chi connectivity index (χ4v) is 2.77. The molecular formula is C14H12N2OS. The zero-order chi connectivity index (χ0) is 12.4. The first kappa shape index (κ1) is 11.2. The first-order valence-electron chi connectivity index (χ1n) is 5.80. The third kappa shape index (κ3) is 1.95. The van der Waals surface area contributed by atoms with Gasteiger partial charge in [0.15, 0.2) is 0 Å². The zero-order valence-electron chi connectivity index (χ0n) is 9.67. The van der Waals surface area contributed by atoms with Crippen molar-refractivity contribution in [2.24, 2.45) is 5.10 Å². The Bertz CT molecular complexity index is 575. The van der Waals surface area contributed by atoms with Crippen molar-refractivity contribution in [2.75, 3.05) is 6.54 Å². The van der Waals surface area contributed by atoms with E-state index in [0.717, 1.165) is 10.4 Å². The van der Waals surface area contributed by atoms with E-state index in [0.29, 0.717) is 12.3 Å². The molecular weight excluding hydrogens is 244 g/mol. The topological polar surface area (TPSA) is 41.5 Å². The molecule has 2 aromatic rings. The summed E-state index contributed by atoms with van der Waals surface area (Å²) in [6.07, 6.45) is 0. The molecule has 0 spiro atoms. The quantitative estimate of drug-likeness (QED) is 0.858. The van der Waals surface area contributed by atoms with Crippen LogP contribution in [0.2, 0.25) is 0 Å². The van der Waals surface area contributed by atoms with E-state index in [4.69, 9.17) is 0 Å². The molecule has 3 rings (SSSR count). The average molecular weight is 256 g/mol. The van der Waals surface area contributed by atoms with E-state index in [1.165, 1.54) is 11.3 Å². The van der Waals surface area contributed by atoms with E-state index in [1.807, 2.05) is 47.8 Å². The molecule has 0 bridgehead atoms. The molecule has 0 saturated carbocycles. The smallest absolute Gasteiger partial charge is 0.219 e. The molecule has 1 aromatic carbocycles. The van der Waals surface area contributed by atoms with E-state index in [1.54, 1.807) is 0 Å². The maximum absolute atomic E-state index is 12.3. The number of hydrogen-bond acceptors (Lipinski definition) is 4. The number of benzene rings is 1. The van der Waals surface area contributed by atoms with Crippen LogP contribution in [-0.2, 0) is 0 Å². The standard InChI is InChI=1S/C14H12N2OS/c17-14(12-7-4-8-18-12)13-11(9-15-16-13)10-5-2-1-3-6-10/h1-8,11,15H,9H2. The van der Waals surface area contributed by atoms with Gasteiger partial charge in [-0.3, -0.25) is 4.79 Å². The minimum atomic E-state index is 0.0313. The number of ketones is 1. The van der Waals surface area contributed by atoms with E-state index in [9.17, 15) is 4.79 Å². The second kappa shape index (κ2) is 4.74. The van der Waals surface area contributed by atoms with Gasteiger partial charge in [-0.25, -0.2) is 0 Å². The van der Waals surface area contributed by atoms with Crippen molar-refractivity contribution >= 4 is 22.8 Å². The van der Waals surface area contributed by atoms with E-state index in [-0.39, 0.29) is 11.7 Å². The highest BCUT2D eigenvalue weighted by molar-refractivity contribution is 7.13. The first-order chi connectivity index (χ1) is 8.86. The van der Waals surface area contributed by atoms with Crippen molar-refractivity contribution in [3.63, 3.8) is 0 Å². The Hall–Kier alpha value is -1.94. The molecule has 2 heterocycles. The highest BCUT2D eigenvalue weighted by Crippen LogP contribution is 2.23. The molecule has 1 N–H and O–H groups in total. The highest BCUT2D eigenvalue weighted by Gasteiger charge is 2.29. The molecule has 0 radical (unpaired) electrons. The minimum Gasteiger partial charge on any atom is -0.309 e. The molecule has 0 saturated heterocycles. The van der Waals surface area contributed by atoms with Crippen LogP contribution in [0.15, 0.2) is 52.9 Å². The lowest BCUT2D eigenvalue weighted by Crippen LogP contribution is -2.20. The van der Waals surface area contributed by atoms with Crippen LogP contribution in [0.3, 0.4) is 0 Å². The number of thiophene rings is 1. The molecule has 1 aliphatic rings. The van der Waals surface area contributed by atoms with Gasteiger partial charge in [0.1, 0.15) is 5.71 Å². The molecule has 1 aliphatic heterocycles. The van der Waals surface area contributed by atoms with Crippen molar-refractivity contribution in [1.29, 1.82) is 0 Å². The number of rotatable bonds is 3. The van der Waals surface area contributed by atoms with Gasteiger partial charge in [-0.15, -0.1) is 11.3 Å². The van der Waals surface area contributed by atoms with Gasteiger partial charge in [0.25, 0.3) is 0 Å². The molecule has 0 amide bonds. The van der Waals surface area contributed by atoms with Crippen molar-refractivity contribution in [2.45, 2.75) is 5.92 Å². The monoisotopic (exact) mass is 256 g/mol. The Labute approximate surface area is 109 Å². The Morgan fingerprint density at radius 3 is 2.78 bits per heavy atom. The van der Waals surface area contributed by atoms with Gasteiger partial charge in [-0.05, 0) is 17.0 Å². The van der Waals surface area contributed by atoms with E-state index in [2.05, 4.69) is 10.5 Å². The Balaban J connectivity index is 1.91.